The molecule has 0 aliphatic carbocycles. The van der Waals surface area contributed by atoms with Gasteiger partial charge in [0.25, 0.3) is 0 Å². The van der Waals surface area contributed by atoms with Crippen molar-refractivity contribution < 1.29 is 4.79 Å². The molecule has 48 valence electrons. The molecule has 1 aliphatic heterocycles. The van der Waals surface area contributed by atoms with Crippen molar-refractivity contribution >= 4 is 16.9 Å². The van der Waals surface area contributed by atoms with Gasteiger partial charge in [-0.1, -0.05) is 26.1 Å². The number of carbonyl (C=O) groups excluding carboxylic acids is 1. The van der Waals surface area contributed by atoms with Gasteiger partial charge in [0, 0.05) is 11.7 Å². The molecule has 2 heteroatoms. The van der Waals surface area contributed by atoms with Crippen LogP contribution in [-0.2, 0) is 4.79 Å². The summed E-state index contributed by atoms with van der Waals surface area (Å²) in [7, 11) is 0. The second kappa shape index (κ2) is 3.13. The molecule has 1 heterocycles. The molecule has 1 aliphatic rings. The molecule has 1 fully saturated rings. The standard InChI is InChI=1S/C5H8OS.CH4/c1-4-2-3-7-5(4)6;/h4H,2-3H2,1H3;1H4. The highest BCUT2D eigenvalue weighted by molar-refractivity contribution is 8.14. The minimum absolute atomic E-state index is 0. The Morgan fingerprint density at radius 3 is 2.50 bits per heavy atom. The van der Waals surface area contributed by atoms with Crippen molar-refractivity contribution in [2.45, 2.75) is 20.8 Å². The minimum Gasteiger partial charge on any atom is -0.287 e. The summed E-state index contributed by atoms with van der Waals surface area (Å²) >= 11 is 1.47. The number of carbonyl (C=O) groups is 1. The van der Waals surface area contributed by atoms with Crippen LogP contribution >= 0.6 is 11.8 Å². The molecule has 0 N–H and O–H groups in total. The average Bonchev–Trinajstić information content (AvgIpc) is 1.91. The van der Waals surface area contributed by atoms with Gasteiger partial charge in [-0.15, -0.1) is 0 Å². The van der Waals surface area contributed by atoms with E-state index in [1.54, 1.807) is 0 Å². The van der Waals surface area contributed by atoms with Crippen LogP contribution in [-0.4, -0.2) is 10.9 Å². The lowest BCUT2D eigenvalue weighted by molar-refractivity contribution is -0.113. The first-order valence-electron chi connectivity index (χ1n) is 2.47. The van der Waals surface area contributed by atoms with Crippen molar-refractivity contribution in [1.29, 1.82) is 0 Å². The quantitative estimate of drug-likeness (QED) is 0.501. The molecule has 1 unspecified atom stereocenters. The van der Waals surface area contributed by atoms with Crippen LogP contribution in [0.2, 0.25) is 0 Å². The second-order valence-corrected chi connectivity index (χ2v) is 2.96. The molecular weight excluding hydrogens is 120 g/mol. The maximum Gasteiger partial charge on any atom is 0.191 e. The van der Waals surface area contributed by atoms with E-state index in [0.717, 1.165) is 12.2 Å². The third-order valence-electron chi connectivity index (χ3n) is 1.20. The molecule has 0 saturated carbocycles. The van der Waals surface area contributed by atoms with Gasteiger partial charge in [0.1, 0.15) is 0 Å². The fourth-order valence-corrected chi connectivity index (χ4v) is 1.67. The molecule has 1 saturated heterocycles. The summed E-state index contributed by atoms with van der Waals surface area (Å²) in [5, 5.41) is 0.375. The van der Waals surface area contributed by atoms with E-state index in [2.05, 4.69) is 0 Å². The highest BCUT2D eigenvalue weighted by atomic mass is 32.2. The van der Waals surface area contributed by atoms with E-state index in [9.17, 15) is 4.79 Å². The number of hydrogen-bond acceptors (Lipinski definition) is 2. The lowest BCUT2D eigenvalue weighted by Gasteiger charge is -1.89. The number of rotatable bonds is 0. The Bertz CT molecular complexity index is 90.5. The molecule has 8 heavy (non-hydrogen) atoms. The van der Waals surface area contributed by atoms with E-state index in [1.807, 2.05) is 6.92 Å². The van der Waals surface area contributed by atoms with Crippen LogP contribution < -0.4 is 0 Å². The van der Waals surface area contributed by atoms with Crippen LogP contribution in [0.5, 0.6) is 0 Å². The van der Waals surface area contributed by atoms with E-state index in [1.165, 1.54) is 11.8 Å². The molecule has 0 aromatic rings. The fourth-order valence-electron chi connectivity index (χ4n) is 0.596. The summed E-state index contributed by atoms with van der Waals surface area (Å²) in [6.07, 6.45) is 1.09. The third-order valence-corrected chi connectivity index (χ3v) is 2.32. The Kier molecular flexibility index (Phi) is 3.13. The van der Waals surface area contributed by atoms with Gasteiger partial charge in [0.05, 0.1) is 0 Å². The van der Waals surface area contributed by atoms with E-state index >= 15 is 0 Å². The van der Waals surface area contributed by atoms with Gasteiger partial charge < -0.3 is 0 Å². The summed E-state index contributed by atoms with van der Waals surface area (Å²) < 4.78 is 0. The number of thioether (sulfide) groups is 1. The fraction of sp³-hybridized carbons (Fsp3) is 0.833. The Labute approximate surface area is 54.8 Å². The molecule has 1 nitrogen and oxygen atoms in total. The van der Waals surface area contributed by atoms with E-state index in [-0.39, 0.29) is 7.43 Å². The van der Waals surface area contributed by atoms with Crippen LogP contribution in [0, 0.1) is 5.92 Å². The Balaban J connectivity index is 0.000000490. The van der Waals surface area contributed by atoms with Gasteiger partial charge in [-0.3, -0.25) is 4.79 Å². The highest BCUT2D eigenvalue weighted by Gasteiger charge is 2.19. The van der Waals surface area contributed by atoms with Gasteiger partial charge in [-0.2, -0.15) is 0 Å². The summed E-state index contributed by atoms with van der Waals surface area (Å²) in [5.74, 6) is 1.38. The molecule has 0 amide bonds. The van der Waals surface area contributed by atoms with E-state index in [4.69, 9.17) is 0 Å². The van der Waals surface area contributed by atoms with Gasteiger partial charge in [-0.05, 0) is 6.42 Å². The minimum atomic E-state index is 0. The monoisotopic (exact) mass is 132 g/mol. The third kappa shape index (κ3) is 1.51. The first-order valence-corrected chi connectivity index (χ1v) is 3.46. The molecular formula is C6H12OS. The van der Waals surface area contributed by atoms with Crippen LogP contribution in [0.15, 0.2) is 0 Å². The zero-order chi connectivity index (χ0) is 5.28. The van der Waals surface area contributed by atoms with Crippen molar-refractivity contribution in [1.82, 2.24) is 0 Å². The first-order chi connectivity index (χ1) is 3.30. The van der Waals surface area contributed by atoms with Gasteiger partial charge >= 0.3 is 0 Å². The van der Waals surface area contributed by atoms with Crippen LogP contribution in [0.1, 0.15) is 20.8 Å². The summed E-state index contributed by atoms with van der Waals surface area (Å²) in [6, 6.07) is 0. The summed E-state index contributed by atoms with van der Waals surface area (Å²) in [4.78, 5) is 10.5. The molecule has 0 spiro atoms. The zero-order valence-corrected chi connectivity index (χ0v) is 5.12. The van der Waals surface area contributed by atoms with Gasteiger partial charge in [0.15, 0.2) is 5.12 Å². The predicted octanol–water partition coefficient (Wildman–Crippen LogP) is 1.92. The van der Waals surface area contributed by atoms with E-state index < -0.39 is 0 Å². The SMILES string of the molecule is C.CC1CCSC1=O. The molecule has 0 bridgehead atoms. The Morgan fingerprint density at radius 1 is 1.75 bits per heavy atom. The maximum absolute atomic E-state index is 10.5. The van der Waals surface area contributed by atoms with Crippen molar-refractivity contribution in [3.8, 4) is 0 Å². The summed E-state index contributed by atoms with van der Waals surface area (Å²) in [5.41, 5.74) is 0. The smallest absolute Gasteiger partial charge is 0.191 e. The second-order valence-electron chi connectivity index (χ2n) is 1.86. The van der Waals surface area contributed by atoms with E-state index in [0.29, 0.717) is 11.0 Å². The highest BCUT2D eigenvalue weighted by Crippen LogP contribution is 2.24. The Morgan fingerprint density at radius 2 is 2.38 bits per heavy atom. The van der Waals surface area contributed by atoms with Crippen LogP contribution in [0.3, 0.4) is 0 Å². The molecule has 0 radical (unpaired) electrons. The van der Waals surface area contributed by atoms with Crippen molar-refractivity contribution in [3.63, 3.8) is 0 Å². The number of hydrogen-bond donors (Lipinski definition) is 0. The molecule has 1 rings (SSSR count). The maximum atomic E-state index is 10.5. The van der Waals surface area contributed by atoms with Crippen molar-refractivity contribution in [2.75, 3.05) is 5.75 Å². The predicted molar refractivity (Wildman–Crippen MR) is 38.0 cm³/mol. The average molecular weight is 132 g/mol. The van der Waals surface area contributed by atoms with Crippen LogP contribution in [0.25, 0.3) is 0 Å². The summed E-state index contributed by atoms with van der Waals surface area (Å²) in [6.45, 7) is 1.99. The Hall–Kier alpha value is 0.0200. The molecule has 0 aromatic carbocycles. The first kappa shape index (κ1) is 8.02. The topological polar surface area (TPSA) is 17.1 Å². The normalized spacial score (nSPS) is 27.6. The zero-order valence-electron chi connectivity index (χ0n) is 4.31. The van der Waals surface area contributed by atoms with Crippen molar-refractivity contribution in [2.24, 2.45) is 5.92 Å². The molecule has 1 atom stereocenters. The van der Waals surface area contributed by atoms with Crippen LogP contribution in [0.4, 0.5) is 0 Å². The lowest BCUT2D eigenvalue weighted by Crippen LogP contribution is -1.95. The van der Waals surface area contributed by atoms with Gasteiger partial charge in [0.2, 0.25) is 0 Å². The molecule has 0 aromatic heterocycles. The lowest BCUT2D eigenvalue weighted by atomic mass is 10.2. The van der Waals surface area contributed by atoms with Crippen molar-refractivity contribution in [3.05, 3.63) is 0 Å². The largest absolute Gasteiger partial charge is 0.287 e. The van der Waals surface area contributed by atoms with Gasteiger partial charge in [-0.25, -0.2) is 0 Å².